The molecule has 1 atom stereocenters. The molecule has 5 nitrogen and oxygen atoms in total. The number of benzene rings is 2. The van der Waals surface area contributed by atoms with Crippen molar-refractivity contribution in [2.75, 3.05) is 26.8 Å². The zero-order chi connectivity index (χ0) is 16.9. The van der Waals surface area contributed by atoms with Crippen molar-refractivity contribution in [3.05, 3.63) is 54.3 Å². The molecule has 0 bridgehead atoms. The van der Waals surface area contributed by atoms with E-state index in [0.29, 0.717) is 30.4 Å². The minimum Gasteiger partial charge on any atom is -0.486 e. The molecule has 1 heterocycles. The molecule has 0 radical (unpaired) electrons. The smallest absolute Gasteiger partial charge is 0.260 e. The van der Waals surface area contributed by atoms with Crippen LogP contribution in [-0.2, 0) is 4.79 Å². The third-order valence-corrected chi connectivity index (χ3v) is 3.63. The Morgan fingerprint density at radius 1 is 1.25 bits per heavy atom. The van der Waals surface area contributed by atoms with Crippen LogP contribution < -0.4 is 14.2 Å². The number of para-hydroxylation sites is 2. The third kappa shape index (κ3) is 3.95. The molecule has 0 saturated carbocycles. The monoisotopic (exact) mass is 331 g/mol. The van der Waals surface area contributed by atoms with Crippen molar-refractivity contribution >= 4 is 5.91 Å². The van der Waals surface area contributed by atoms with E-state index in [9.17, 15) is 9.18 Å². The number of hydrogen-bond acceptors (Lipinski definition) is 4. The Bertz CT molecular complexity index is 722. The zero-order valence-corrected chi connectivity index (χ0v) is 13.3. The second-order valence-corrected chi connectivity index (χ2v) is 5.52. The van der Waals surface area contributed by atoms with Crippen LogP contribution in [0.1, 0.15) is 0 Å². The molecule has 1 unspecified atom stereocenters. The van der Waals surface area contributed by atoms with E-state index in [2.05, 4.69) is 0 Å². The highest BCUT2D eigenvalue weighted by Gasteiger charge is 2.23. The maximum absolute atomic E-state index is 13.1. The topological polar surface area (TPSA) is 48.0 Å². The summed E-state index contributed by atoms with van der Waals surface area (Å²) >= 11 is 0. The summed E-state index contributed by atoms with van der Waals surface area (Å²) < 4.78 is 29.8. The number of ether oxygens (including phenoxy) is 3. The number of fused-ring (bicyclic) bond motifs is 1. The van der Waals surface area contributed by atoms with Crippen LogP contribution in [0, 0.1) is 5.82 Å². The van der Waals surface area contributed by atoms with E-state index in [1.165, 1.54) is 23.1 Å². The van der Waals surface area contributed by atoms with Crippen molar-refractivity contribution in [2.45, 2.75) is 6.10 Å². The fourth-order valence-electron chi connectivity index (χ4n) is 2.37. The van der Waals surface area contributed by atoms with Gasteiger partial charge in [-0.1, -0.05) is 18.2 Å². The third-order valence-electron chi connectivity index (χ3n) is 3.63. The van der Waals surface area contributed by atoms with Crippen molar-refractivity contribution in [1.82, 2.24) is 4.90 Å². The number of nitrogens with zero attached hydrogens (tertiary/aromatic N) is 1. The lowest BCUT2D eigenvalue weighted by atomic mass is 10.2. The van der Waals surface area contributed by atoms with Gasteiger partial charge in [0.05, 0.1) is 6.54 Å². The van der Waals surface area contributed by atoms with E-state index in [1.54, 1.807) is 13.1 Å². The summed E-state index contributed by atoms with van der Waals surface area (Å²) in [4.78, 5) is 13.6. The number of rotatable bonds is 5. The molecule has 3 rings (SSSR count). The number of halogens is 1. The SMILES string of the molecule is CN(CC1COc2ccccc2O1)C(=O)COc1cccc(F)c1. The first-order chi connectivity index (χ1) is 11.6. The molecule has 1 amide bonds. The fraction of sp³-hybridized carbons (Fsp3) is 0.278. The first-order valence-electron chi connectivity index (χ1n) is 7.62. The van der Waals surface area contributed by atoms with Crippen LogP contribution in [0.25, 0.3) is 0 Å². The average Bonchev–Trinajstić information content (AvgIpc) is 2.59. The van der Waals surface area contributed by atoms with Crippen LogP contribution in [0.5, 0.6) is 17.2 Å². The molecule has 0 fully saturated rings. The molecule has 0 saturated heterocycles. The number of hydrogen-bond donors (Lipinski definition) is 0. The van der Waals surface area contributed by atoms with Gasteiger partial charge in [0, 0.05) is 13.1 Å². The van der Waals surface area contributed by atoms with E-state index in [0.717, 1.165) is 0 Å². The quantitative estimate of drug-likeness (QED) is 0.845. The summed E-state index contributed by atoms with van der Waals surface area (Å²) in [5.41, 5.74) is 0. The predicted octanol–water partition coefficient (Wildman–Crippen LogP) is 2.50. The first kappa shape index (κ1) is 16.1. The van der Waals surface area contributed by atoms with Gasteiger partial charge in [-0.2, -0.15) is 0 Å². The van der Waals surface area contributed by atoms with E-state index < -0.39 is 5.82 Å². The molecule has 0 N–H and O–H groups in total. The molecule has 24 heavy (non-hydrogen) atoms. The minimum atomic E-state index is -0.403. The van der Waals surface area contributed by atoms with Crippen molar-refractivity contribution in [2.24, 2.45) is 0 Å². The number of amides is 1. The van der Waals surface area contributed by atoms with Crippen LogP contribution >= 0.6 is 0 Å². The van der Waals surface area contributed by atoms with Crippen molar-refractivity contribution in [3.63, 3.8) is 0 Å². The Morgan fingerprint density at radius 2 is 2.04 bits per heavy atom. The molecular weight excluding hydrogens is 313 g/mol. The van der Waals surface area contributed by atoms with E-state index in [-0.39, 0.29) is 18.6 Å². The maximum Gasteiger partial charge on any atom is 0.260 e. The van der Waals surface area contributed by atoms with Crippen molar-refractivity contribution in [1.29, 1.82) is 0 Å². The van der Waals surface area contributed by atoms with Crippen LogP contribution in [0.2, 0.25) is 0 Å². The average molecular weight is 331 g/mol. The normalized spacial score (nSPS) is 15.7. The van der Waals surface area contributed by atoms with Gasteiger partial charge in [-0.05, 0) is 24.3 Å². The molecule has 2 aromatic rings. The van der Waals surface area contributed by atoms with Gasteiger partial charge in [-0.15, -0.1) is 0 Å². The summed E-state index contributed by atoms with van der Waals surface area (Å²) in [6.45, 7) is 0.586. The summed E-state index contributed by atoms with van der Waals surface area (Å²) in [7, 11) is 1.67. The van der Waals surface area contributed by atoms with Gasteiger partial charge in [0.1, 0.15) is 18.2 Å². The second kappa shape index (κ2) is 7.21. The van der Waals surface area contributed by atoms with E-state index in [4.69, 9.17) is 14.2 Å². The molecule has 6 heteroatoms. The van der Waals surface area contributed by atoms with E-state index in [1.807, 2.05) is 24.3 Å². The maximum atomic E-state index is 13.1. The van der Waals surface area contributed by atoms with Gasteiger partial charge < -0.3 is 19.1 Å². The molecule has 1 aliphatic heterocycles. The number of carbonyl (C=O) groups is 1. The van der Waals surface area contributed by atoms with Crippen LogP contribution in [0.3, 0.4) is 0 Å². The lowest BCUT2D eigenvalue weighted by Crippen LogP contribution is -2.43. The van der Waals surface area contributed by atoms with Gasteiger partial charge >= 0.3 is 0 Å². The fourth-order valence-corrected chi connectivity index (χ4v) is 2.37. The van der Waals surface area contributed by atoms with Crippen molar-refractivity contribution < 1.29 is 23.4 Å². The van der Waals surface area contributed by atoms with Crippen molar-refractivity contribution in [3.8, 4) is 17.2 Å². The molecule has 0 aromatic heterocycles. The van der Waals surface area contributed by atoms with Crippen LogP contribution in [0.15, 0.2) is 48.5 Å². The number of likely N-dealkylation sites (N-methyl/N-ethyl adjacent to an activating group) is 1. The summed E-state index contributed by atoms with van der Waals surface area (Å²) in [5, 5.41) is 0. The largest absolute Gasteiger partial charge is 0.486 e. The zero-order valence-electron chi connectivity index (χ0n) is 13.3. The Balaban J connectivity index is 1.50. The first-order valence-corrected chi connectivity index (χ1v) is 7.62. The Morgan fingerprint density at radius 3 is 2.83 bits per heavy atom. The van der Waals surface area contributed by atoms with Gasteiger partial charge in [0.15, 0.2) is 24.2 Å². The highest BCUT2D eigenvalue weighted by atomic mass is 19.1. The Kier molecular flexibility index (Phi) is 4.84. The minimum absolute atomic E-state index is 0.163. The molecule has 0 spiro atoms. The predicted molar refractivity (Wildman–Crippen MR) is 85.9 cm³/mol. The molecule has 2 aromatic carbocycles. The molecule has 0 aliphatic carbocycles. The summed E-state index contributed by atoms with van der Waals surface area (Å²) in [6.07, 6.45) is -0.247. The van der Waals surface area contributed by atoms with Gasteiger partial charge in [-0.3, -0.25) is 4.79 Å². The highest BCUT2D eigenvalue weighted by Crippen LogP contribution is 2.30. The number of carbonyl (C=O) groups excluding carboxylic acids is 1. The van der Waals surface area contributed by atoms with Crippen LogP contribution in [0.4, 0.5) is 4.39 Å². The Hall–Kier alpha value is -2.76. The summed E-state index contributed by atoms with van der Waals surface area (Å²) in [5.74, 6) is 1.08. The molecule has 126 valence electrons. The molecular formula is C18H18FNO4. The van der Waals surface area contributed by atoms with Crippen LogP contribution in [-0.4, -0.2) is 43.7 Å². The molecule has 1 aliphatic rings. The highest BCUT2D eigenvalue weighted by molar-refractivity contribution is 5.77. The summed E-state index contributed by atoms with van der Waals surface area (Å²) in [6, 6.07) is 13.1. The Labute approximate surface area is 139 Å². The second-order valence-electron chi connectivity index (χ2n) is 5.52. The lowest BCUT2D eigenvalue weighted by Gasteiger charge is -2.29. The van der Waals surface area contributed by atoms with Gasteiger partial charge in [0.25, 0.3) is 5.91 Å². The van der Waals surface area contributed by atoms with E-state index >= 15 is 0 Å². The van der Waals surface area contributed by atoms with Gasteiger partial charge in [-0.25, -0.2) is 4.39 Å². The standard InChI is InChI=1S/C18H18FNO4/c1-20(18(21)12-22-14-6-4-5-13(19)9-14)10-15-11-23-16-7-2-3-8-17(16)24-15/h2-9,15H,10-12H2,1H3. The lowest BCUT2D eigenvalue weighted by molar-refractivity contribution is -0.133. The van der Waals surface area contributed by atoms with Gasteiger partial charge in [0.2, 0.25) is 0 Å².